The molecule has 1 aromatic rings. The molecule has 1 rings (SSSR count). The summed E-state index contributed by atoms with van der Waals surface area (Å²) in [4.78, 5) is 7.73. The van der Waals surface area contributed by atoms with Crippen LogP contribution in [0.2, 0.25) is 10.3 Å². The standard InChI is InChI=1S/C8H10Cl2N2O/c1-8(2,3)13-7-11-5(9)4-6(10)12-7/h4H,1-3H3. The molecule has 1 heterocycles. The first-order chi connectivity index (χ1) is 5.87. The van der Waals surface area contributed by atoms with Crippen LogP contribution in [0.5, 0.6) is 6.01 Å². The van der Waals surface area contributed by atoms with E-state index >= 15 is 0 Å². The van der Waals surface area contributed by atoms with Crippen molar-refractivity contribution < 1.29 is 4.74 Å². The zero-order valence-corrected chi connectivity index (χ0v) is 9.15. The maximum Gasteiger partial charge on any atom is 0.319 e. The molecule has 0 aliphatic rings. The Hall–Kier alpha value is -0.540. The van der Waals surface area contributed by atoms with Gasteiger partial charge < -0.3 is 4.74 Å². The Bertz CT molecular complexity index is 289. The first-order valence-corrected chi connectivity index (χ1v) is 4.51. The van der Waals surface area contributed by atoms with Crippen LogP contribution >= 0.6 is 23.2 Å². The summed E-state index contributed by atoms with van der Waals surface area (Å²) < 4.78 is 5.37. The molecular weight excluding hydrogens is 211 g/mol. The topological polar surface area (TPSA) is 35.0 Å². The molecule has 0 atom stereocenters. The third-order valence-electron chi connectivity index (χ3n) is 1.04. The van der Waals surface area contributed by atoms with Gasteiger partial charge in [-0.25, -0.2) is 0 Å². The maximum atomic E-state index is 5.66. The largest absolute Gasteiger partial charge is 0.458 e. The van der Waals surface area contributed by atoms with Gasteiger partial charge in [0.2, 0.25) is 0 Å². The Morgan fingerprint density at radius 1 is 1.15 bits per heavy atom. The first kappa shape index (κ1) is 10.5. The lowest BCUT2D eigenvalue weighted by Crippen LogP contribution is -2.24. The monoisotopic (exact) mass is 220 g/mol. The lowest BCUT2D eigenvalue weighted by molar-refractivity contribution is 0.117. The SMILES string of the molecule is CC(C)(C)Oc1nc(Cl)cc(Cl)n1. The third kappa shape index (κ3) is 3.79. The van der Waals surface area contributed by atoms with E-state index in [2.05, 4.69) is 9.97 Å². The van der Waals surface area contributed by atoms with Crippen LogP contribution in [0.15, 0.2) is 6.07 Å². The molecule has 0 saturated heterocycles. The smallest absolute Gasteiger partial charge is 0.319 e. The Morgan fingerprint density at radius 3 is 2.00 bits per heavy atom. The van der Waals surface area contributed by atoms with E-state index in [0.717, 1.165) is 0 Å². The molecule has 0 spiro atoms. The number of rotatable bonds is 1. The van der Waals surface area contributed by atoms with Crippen molar-refractivity contribution in [2.24, 2.45) is 0 Å². The minimum Gasteiger partial charge on any atom is -0.458 e. The van der Waals surface area contributed by atoms with Gasteiger partial charge in [-0.2, -0.15) is 9.97 Å². The van der Waals surface area contributed by atoms with Crippen LogP contribution < -0.4 is 4.74 Å². The third-order valence-corrected chi connectivity index (χ3v) is 1.43. The fourth-order valence-electron chi connectivity index (χ4n) is 0.690. The summed E-state index contributed by atoms with van der Waals surface area (Å²) in [7, 11) is 0. The molecule has 0 bridgehead atoms. The fraction of sp³-hybridized carbons (Fsp3) is 0.500. The van der Waals surface area contributed by atoms with E-state index in [1.807, 2.05) is 20.8 Å². The zero-order chi connectivity index (χ0) is 10.1. The van der Waals surface area contributed by atoms with Gasteiger partial charge in [0.05, 0.1) is 0 Å². The van der Waals surface area contributed by atoms with Crippen molar-refractivity contribution in [3.8, 4) is 6.01 Å². The quantitative estimate of drug-likeness (QED) is 0.683. The van der Waals surface area contributed by atoms with Gasteiger partial charge in [0, 0.05) is 6.07 Å². The second kappa shape index (κ2) is 3.68. The van der Waals surface area contributed by atoms with E-state index in [4.69, 9.17) is 27.9 Å². The van der Waals surface area contributed by atoms with Gasteiger partial charge in [-0.1, -0.05) is 23.2 Å². The Kier molecular flexibility index (Phi) is 2.98. The van der Waals surface area contributed by atoms with Crippen molar-refractivity contribution in [2.75, 3.05) is 0 Å². The van der Waals surface area contributed by atoms with Crippen LogP contribution in [0, 0.1) is 0 Å². The van der Waals surface area contributed by atoms with Gasteiger partial charge in [-0.05, 0) is 20.8 Å². The Morgan fingerprint density at radius 2 is 1.62 bits per heavy atom. The number of hydrogen-bond donors (Lipinski definition) is 0. The second-order valence-corrected chi connectivity index (χ2v) is 4.28. The molecular formula is C8H10Cl2N2O. The van der Waals surface area contributed by atoms with E-state index in [-0.39, 0.29) is 21.9 Å². The minimum atomic E-state index is -0.353. The highest BCUT2D eigenvalue weighted by Crippen LogP contribution is 2.19. The van der Waals surface area contributed by atoms with Crippen LogP contribution in [-0.4, -0.2) is 15.6 Å². The summed E-state index contributed by atoms with van der Waals surface area (Å²) in [5, 5.41) is 0.554. The number of aromatic nitrogens is 2. The van der Waals surface area contributed by atoms with Crippen molar-refractivity contribution in [2.45, 2.75) is 26.4 Å². The summed E-state index contributed by atoms with van der Waals surface area (Å²) in [6.07, 6.45) is 0. The first-order valence-electron chi connectivity index (χ1n) is 3.76. The zero-order valence-electron chi connectivity index (χ0n) is 7.64. The summed E-state index contributed by atoms with van der Waals surface area (Å²) in [6.45, 7) is 5.68. The molecule has 1 aromatic heterocycles. The highest BCUT2D eigenvalue weighted by atomic mass is 35.5. The van der Waals surface area contributed by atoms with Gasteiger partial charge in [0.15, 0.2) is 0 Å². The Labute approximate surface area is 87.1 Å². The molecule has 3 nitrogen and oxygen atoms in total. The van der Waals surface area contributed by atoms with Gasteiger partial charge in [-0.15, -0.1) is 0 Å². The molecule has 72 valence electrons. The van der Waals surface area contributed by atoms with E-state index in [9.17, 15) is 0 Å². The normalized spacial score (nSPS) is 11.5. The molecule has 0 amide bonds. The number of nitrogens with zero attached hydrogens (tertiary/aromatic N) is 2. The Balaban J connectivity index is 2.90. The van der Waals surface area contributed by atoms with Gasteiger partial charge in [0.1, 0.15) is 15.9 Å². The molecule has 0 aliphatic heterocycles. The number of halogens is 2. The van der Waals surface area contributed by atoms with Crippen molar-refractivity contribution in [3.63, 3.8) is 0 Å². The average molecular weight is 221 g/mol. The van der Waals surface area contributed by atoms with Crippen molar-refractivity contribution in [3.05, 3.63) is 16.4 Å². The molecule has 0 aromatic carbocycles. The summed E-state index contributed by atoms with van der Waals surface area (Å²) in [5.41, 5.74) is -0.353. The molecule has 0 radical (unpaired) electrons. The number of hydrogen-bond acceptors (Lipinski definition) is 3. The lowest BCUT2D eigenvalue weighted by atomic mass is 10.2. The lowest BCUT2D eigenvalue weighted by Gasteiger charge is -2.19. The summed E-state index contributed by atoms with van der Waals surface area (Å²) in [6, 6.07) is 1.66. The minimum absolute atomic E-state index is 0.199. The van der Waals surface area contributed by atoms with Crippen LogP contribution in [0.3, 0.4) is 0 Å². The van der Waals surface area contributed by atoms with E-state index in [1.165, 1.54) is 6.07 Å². The second-order valence-electron chi connectivity index (χ2n) is 3.51. The molecule has 0 N–H and O–H groups in total. The number of ether oxygens (including phenoxy) is 1. The summed E-state index contributed by atoms with van der Waals surface area (Å²) in [5.74, 6) is 0. The van der Waals surface area contributed by atoms with Gasteiger partial charge in [-0.3, -0.25) is 0 Å². The highest BCUT2D eigenvalue weighted by Gasteiger charge is 2.14. The predicted octanol–water partition coefficient (Wildman–Crippen LogP) is 2.96. The fourth-order valence-corrected chi connectivity index (χ4v) is 1.10. The van der Waals surface area contributed by atoms with Crippen LogP contribution in [0.1, 0.15) is 20.8 Å². The van der Waals surface area contributed by atoms with E-state index < -0.39 is 0 Å². The average Bonchev–Trinajstić information content (AvgIpc) is 1.78. The van der Waals surface area contributed by atoms with Crippen molar-refractivity contribution in [1.82, 2.24) is 9.97 Å². The molecule has 0 fully saturated rings. The van der Waals surface area contributed by atoms with E-state index in [1.54, 1.807) is 0 Å². The van der Waals surface area contributed by atoms with Gasteiger partial charge in [0.25, 0.3) is 0 Å². The van der Waals surface area contributed by atoms with Gasteiger partial charge >= 0.3 is 6.01 Å². The van der Waals surface area contributed by atoms with Crippen LogP contribution in [0.25, 0.3) is 0 Å². The predicted molar refractivity (Wildman–Crippen MR) is 52.4 cm³/mol. The van der Waals surface area contributed by atoms with Crippen molar-refractivity contribution in [1.29, 1.82) is 0 Å². The highest BCUT2D eigenvalue weighted by molar-refractivity contribution is 6.33. The molecule has 13 heavy (non-hydrogen) atoms. The molecule has 0 unspecified atom stereocenters. The molecule has 5 heteroatoms. The maximum absolute atomic E-state index is 5.66. The van der Waals surface area contributed by atoms with Crippen LogP contribution in [-0.2, 0) is 0 Å². The molecule has 0 saturated carbocycles. The van der Waals surface area contributed by atoms with Crippen molar-refractivity contribution >= 4 is 23.2 Å². The van der Waals surface area contributed by atoms with Crippen LogP contribution in [0.4, 0.5) is 0 Å². The molecule has 0 aliphatic carbocycles. The summed E-state index contributed by atoms with van der Waals surface area (Å²) >= 11 is 11.3. The van der Waals surface area contributed by atoms with E-state index in [0.29, 0.717) is 0 Å².